The minimum atomic E-state index is -0.510. The number of carbonyl (C=O) groups is 2. The van der Waals surface area contributed by atoms with Gasteiger partial charge in [0.15, 0.2) is 11.8 Å². The lowest BCUT2D eigenvalue weighted by Gasteiger charge is -2.07. The molecular formula is C14H13ClN2O3S. The van der Waals surface area contributed by atoms with Crippen molar-refractivity contribution in [2.45, 2.75) is 13.8 Å². The number of nitrogens with one attached hydrogen (secondary N) is 1. The second-order valence-electron chi connectivity index (χ2n) is 4.29. The summed E-state index contributed by atoms with van der Waals surface area (Å²) in [4.78, 5) is 29.3. The Balaban J connectivity index is 1.91. The van der Waals surface area contributed by atoms with E-state index >= 15 is 0 Å². The number of carbonyl (C=O) groups excluding carboxylic acids is 2. The predicted octanol–water partition coefficient (Wildman–Crippen LogP) is 3.21. The van der Waals surface area contributed by atoms with E-state index in [1.165, 1.54) is 17.5 Å². The third-order valence-corrected chi connectivity index (χ3v) is 3.90. The van der Waals surface area contributed by atoms with Crippen LogP contribution in [0.15, 0.2) is 24.4 Å². The second kappa shape index (κ2) is 6.69. The molecule has 2 aromatic rings. The van der Waals surface area contributed by atoms with Crippen molar-refractivity contribution in [1.29, 1.82) is 0 Å². The average Bonchev–Trinajstić information content (AvgIpc) is 2.78. The van der Waals surface area contributed by atoms with Crippen molar-refractivity contribution in [3.05, 3.63) is 44.9 Å². The number of amides is 1. The number of esters is 1. The van der Waals surface area contributed by atoms with Crippen molar-refractivity contribution < 1.29 is 14.3 Å². The number of aryl methyl sites for hydroxylation is 2. The van der Waals surface area contributed by atoms with Gasteiger partial charge in [-0.15, -0.1) is 11.3 Å². The normalized spacial score (nSPS) is 10.2. The van der Waals surface area contributed by atoms with E-state index in [-0.39, 0.29) is 11.8 Å². The molecule has 0 saturated heterocycles. The molecule has 0 fully saturated rings. The maximum Gasteiger partial charge on any atom is 0.339 e. The first kappa shape index (κ1) is 15.5. The van der Waals surface area contributed by atoms with Crippen LogP contribution in [0.5, 0.6) is 0 Å². The number of aromatic nitrogens is 1. The molecule has 0 radical (unpaired) electrons. The minimum absolute atomic E-state index is 0.182. The van der Waals surface area contributed by atoms with Crippen molar-refractivity contribution >= 4 is 40.5 Å². The minimum Gasteiger partial charge on any atom is -0.452 e. The van der Waals surface area contributed by atoms with Crippen molar-refractivity contribution in [2.75, 3.05) is 11.9 Å². The predicted molar refractivity (Wildman–Crippen MR) is 82.0 cm³/mol. The van der Waals surface area contributed by atoms with Crippen molar-refractivity contribution in [3.8, 4) is 0 Å². The number of anilines is 1. The van der Waals surface area contributed by atoms with Crippen LogP contribution in [0.3, 0.4) is 0 Å². The highest BCUT2D eigenvalue weighted by Gasteiger charge is 2.15. The zero-order valence-corrected chi connectivity index (χ0v) is 13.0. The fourth-order valence-corrected chi connectivity index (χ4v) is 2.79. The molecule has 2 aromatic heterocycles. The monoisotopic (exact) mass is 324 g/mol. The summed E-state index contributed by atoms with van der Waals surface area (Å²) in [6.45, 7) is 3.37. The summed E-state index contributed by atoms with van der Waals surface area (Å²) in [5.41, 5.74) is 0.868. The van der Waals surface area contributed by atoms with Crippen LogP contribution in [0.1, 0.15) is 20.1 Å². The summed E-state index contributed by atoms with van der Waals surface area (Å²) in [6, 6.07) is 5.00. The number of hydrogen-bond donors (Lipinski definition) is 1. The lowest BCUT2D eigenvalue weighted by molar-refractivity contribution is -0.119. The lowest BCUT2D eigenvalue weighted by atomic mass is 10.2. The van der Waals surface area contributed by atoms with Gasteiger partial charge in [0, 0.05) is 16.0 Å². The molecule has 1 N–H and O–H groups in total. The van der Waals surface area contributed by atoms with Crippen molar-refractivity contribution in [3.63, 3.8) is 0 Å². The molecular weight excluding hydrogens is 312 g/mol. The highest BCUT2D eigenvalue weighted by Crippen LogP contribution is 2.21. The van der Waals surface area contributed by atoms with Gasteiger partial charge in [-0.3, -0.25) is 4.79 Å². The zero-order chi connectivity index (χ0) is 15.4. The Labute approximate surface area is 130 Å². The number of ether oxygens (including phenoxy) is 1. The molecule has 5 nitrogen and oxygen atoms in total. The topological polar surface area (TPSA) is 68.3 Å². The number of halogens is 1. The van der Waals surface area contributed by atoms with Crippen LogP contribution >= 0.6 is 22.9 Å². The van der Waals surface area contributed by atoms with Gasteiger partial charge in [0.1, 0.15) is 0 Å². The van der Waals surface area contributed by atoms with E-state index in [4.69, 9.17) is 16.3 Å². The second-order valence-corrected chi connectivity index (χ2v) is 6.11. The Bertz CT molecular complexity index is 685. The van der Waals surface area contributed by atoms with E-state index in [1.807, 2.05) is 13.8 Å². The van der Waals surface area contributed by atoms with Gasteiger partial charge in [-0.1, -0.05) is 11.6 Å². The summed E-state index contributed by atoms with van der Waals surface area (Å²) in [6.07, 6.45) is 1.51. The third kappa shape index (κ3) is 4.03. The quantitative estimate of drug-likeness (QED) is 0.692. The van der Waals surface area contributed by atoms with E-state index in [2.05, 4.69) is 10.3 Å². The summed E-state index contributed by atoms with van der Waals surface area (Å²) < 4.78 is 4.99. The maximum absolute atomic E-state index is 11.9. The molecule has 7 heteroatoms. The number of hydrogen-bond acceptors (Lipinski definition) is 5. The van der Waals surface area contributed by atoms with Crippen LogP contribution in [0.25, 0.3) is 0 Å². The molecule has 110 valence electrons. The van der Waals surface area contributed by atoms with Gasteiger partial charge in [0.2, 0.25) is 0 Å². The standard InChI is InChI=1S/C14H13ClN2O3S/c1-8-6-10(9(2)21-8)14(19)20-7-12(18)17-11-4-3-5-16-13(11)15/h3-6H,7H2,1-2H3,(H,17,18). The highest BCUT2D eigenvalue weighted by atomic mass is 35.5. The summed E-state index contributed by atoms with van der Waals surface area (Å²) >= 11 is 7.33. The molecule has 0 aliphatic rings. The van der Waals surface area contributed by atoms with Crippen LogP contribution in [-0.2, 0) is 9.53 Å². The molecule has 0 aromatic carbocycles. The number of rotatable bonds is 4. The van der Waals surface area contributed by atoms with Crippen LogP contribution in [0, 0.1) is 13.8 Å². The molecule has 0 bridgehead atoms. The van der Waals surface area contributed by atoms with Crippen LogP contribution in [0.2, 0.25) is 5.15 Å². The van der Waals surface area contributed by atoms with Gasteiger partial charge in [-0.25, -0.2) is 9.78 Å². The smallest absolute Gasteiger partial charge is 0.339 e. The van der Waals surface area contributed by atoms with Gasteiger partial charge in [0.25, 0.3) is 5.91 Å². The fraction of sp³-hybridized carbons (Fsp3) is 0.214. The van der Waals surface area contributed by atoms with Crippen LogP contribution in [0.4, 0.5) is 5.69 Å². The molecule has 0 atom stereocenters. The van der Waals surface area contributed by atoms with E-state index in [1.54, 1.807) is 18.2 Å². The van der Waals surface area contributed by atoms with Gasteiger partial charge in [-0.05, 0) is 32.0 Å². The van der Waals surface area contributed by atoms with Gasteiger partial charge in [-0.2, -0.15) is 0 Å². The summed E-state index contributed by atoms with van der Waals surface area (Å²) in [5.74, 6) is -0.980. The largest absolute Gasteiger partial charge is 0.452 e. The van der Waals surface area contributed by atoms with Gasteiger partial charge >= 0.3 is 5.97 Å². The van der Waals surface area contributed by atoms with Crippen LogP contribution in [-0.4, -0.2) is 23.5 Å². The Morgan fingerprint density at radius 1 is 1.43 bits per heavy atom. The number of thiophene rings is 1. The van der Waals surface area contributed by atoms with E-state index in [0.717, 1.165) is 9.75 Å². The molecule has 0 aliphatic carbocycles. The zero-order valence-electron chi connectivity index (χ0n) is 11.5. The molecule has 2 heterocycles. The Morgan fingerprint density at radius 2 is 2.19 bits per heavy atom. The number of nitrogens with zero attached hydrogens (tertiary/aromatic N) is 1. The van der Waals surface area contributed by atoms with E-state index in [9.17, 15) is 9.59 Å². The first-order valence-corrected chi connectivity index (χ1v) is 7.31. The molecule has 1 amide bonds. The first-order valence-electron chi connectivity index (χ1n) is 6.12. The van der Waals surface area contributed by atoms with Gasteiger partial charge < -0.3 is 10.1 Å². The average molecular weight is 325 g/mol. The molecule has 2 rings (SSSR count). The first-order chi connectivity index (χ1) is 9.97. The molecule has 0 unspecified atom stereocenters. The summed E-state index contributed by atoms with van der Waals surface area (Å²) in [5, 5.41) is 2.71. The van der Waals surface area contributed by atoms with Crippen LogP contribution < -0.4 is 5.32 Å². The lowest BCUT2D eigenvalue weighted by Crippen LogP contribution is -2.21. The van der Waals surface area contributed by atoms with E-state index < -0.39 is 11.9 Å². The Morgan fingerprint density at radius 3 is 2.81 bits per heavy atom. The van der Waals surface area contributed by atoms with Crippen molar-refractivity contribution in [2.24, 2.45) is 0 Å². The summed E-state index contributed by atoms with van der Waals surface area (Å²) in [7, 11) is 0. The van der Waals surface area contributed by atoms with E-state index in [0.29, 0.717) is 11.3 Å². The molecule has 0 aliphatic heterocycles. The Hall–Kier alpha value is -1.92. The SMILES string of the molecule is Cc1cc(C(=O)OCC(=O)Nc2cccnc2Cl)c(C)s1. The molecule has 0 saturated carbocycles. The van der Waals surface area contributed by atoms with Gasteiger partial charge in [0.05, 0.1) is 11.3 Å². The fourth-order valence-electron chi connectivity index (χ4n) is 1.71. The third-order valence-electron chi connectivity index (χ3n) is 2.63. The maximum atomic E-state index is 11.9. The van der Waals surface area contributed by atoms with Crippen molar-refractivity contribution in [1.82, 2.24) is 4.98 Å². The number of pyridine rings is 1. The molecule has 21 heavy (non-hydrogen) atoms. The highest BCUT2D eigenvalue weighted by molar-refractivity contribution is 7.12. The Kier molecular flexibility index (Phi) is 4.93. The molecule has 0 spiro atoms.